The van der Waals surface area contributed by atoms with Gasteiger partial charge in [0, 0.05) is 16.8 Å². The summed E-state index contributed by atoms with van der Waals surface area (Å²) in [7, 11) is 0. The number of hydrogen-bond acceptors (Lipinski definition) is 1. The molecular weight excluding hydrogens is 171 g/mol. The first-order valence-electron chi connectivity index (χ1n) is 2.92. The van der Waals surface area contributed by atoms with Gasteiger partial charge in [0.05, 0.1) is 0 Å². The molecule has 0 aliphatic heterocycles. The summed E-state index contributed by atoms with van der Waals surface area (Å²) in [6, 6.07) is 0. The van der Waals surface area contributed by atoms with E-state index in [2.05, 4.69) is 12.2 Å². The van der Waals surface area contributed by atoms with Crippen LogP contribution in [0.15, 0.2) is 18.2 Å². The molecule has 59 valence electrons. The van der Waals surface area contributed by atoms with Crippen LogP contribution in [0.4, 0.5) is 0 Å². The molecule has 0 heterocycles. The fraction of sp³-hybridized carbons (Fsp3) is 0.375. The molecule has 0 N–H and O–H groups in total. The summed E-state index contributed by atoms with van der Waals surface area (Å²) < 4.78 is 0. The molecule has 1 aliphatic carbocycles. The molecule has 1 rings (SSSR count). The van der Waals surface area contributed by atoms with E-state index in [9.17, 15) is 4.79 Å². The third-order valence-corrected chi connectivity index (χ3v) is 0.586. The van der Waals surface area contributed by atoms with Crippen LogP contribution >= 0.6 is 0 Å². The van der Waals surface area contributed by atoms with Gasteiger partial charge < -0.3 is 4.79 Å². The van der Waals surface area contributed by atoms with E-state index in [1.807, 2.05) is 12.2 Å². The van der Waals surface area contributed by atoms with Crippen molar-refractivity contribution in [3.05, 3.63) is 24.3 Å². The molecular formula is C8H11CoO-. The van der Waals surface area contributed by atoms with Crippen LogP contribution in [0.2, 0.25) is 0 Å². The smallest absolute Gasteiger partial charge is 0.126 e. The van der Waals surface area contributed by atoms with Gasteiger partial charge in [-0.1, -0.05) is 0 Å². The minimum Gasteiger partial charge on any atom is -0.300 e. The van der Waals surface area contributed by atoms with Crippen LogP contribution in [0.25, 0.3) is 0 Å². The predicted octanol–water partition coefficient (Wildman–Crippen LogP) is 1.90. The quantitative estimate of drug-likeness (QED) is 0.523. The zero-order chi connectivity index (χ0) is 7.11. The van der Waals surface area contributed by atoms with E-state index in [-0.39, 0.29) is 22.6 Å². The van der Waals surface area contributed by atoms with E-state index < -0.39 is 0 Å². The molecule has 2 heteroatoms. The average Bonchev–Trinajstić information content (AvgIpc) is 2.11. The number of carbonyl (C=O) groups excluding carboxylic acids is 1. The molecule has 0 saturated carbocycles. The van der Waals surface area contributed by atoms with Crippen molar-refractivity contribution in [3.8, 4) is 0 Å². The molecule has 1 radical (unpaired) electrons. The van der Waals surface area contributed by atoms with Crippen molar-refractivity contribution in [2.24, 2.45) is 0 Å². The molecule has 10 heavy (non-hydrogen) atoms. The van der Waals surface area contributed by atoms with Gasteiger partial charge in [0.25, 0.3) is 0 Å². The van der Waals surface area contributed by atoms with Crippen molar-refractivity contribution in [2.75, 3.05) is 0 Å². The number of hydrogen-bond donors (Lipinski definition) is 0. The first-order valence-corrected chi connectivity index (χ1v) is 2.92. The first kappa shape index (κ1) is 12.3. The summed E-state index contributed by atoms with van der Waals surface area (Å²) in [6.07, 6.45) is 10.0. The molecule has 0 bridgehead atoms. The zero-order valence-corrected chi connectivity index (χ0v) is 7.22. The fourth-order valence-electron chi connectivity index (χ4n) is 0.340. The number of Topliss-reactive ketones (excluding diaryl/α,β-unsaturated/α-hetero) is 1. The molecule has 0 spiro atoms. The monoisotopic (exact) mass is 182 g/mol. The number of allylic oxidation sites excluding steroid dienone is 4. The maximum atomic E-state index is 9.44. The summed E-state index contributed by atoms with van der Waals surface area (Å²) in [4.78, 5) is 9.44. The van der Waals surface area contributed by atoms with Crippen molar-refractivity contribution in [2.45, 2.75) is 20.3 Å². The Morgan fingerprint density at radius 1 is 1.50 bits per heavy atom. The molecule has 0 aromatic heterocycles. The maximum Gasteiger partial charge on any atom is 0.126 e. The standard InChI is InChI=1S/C5H5.C3H6O.Co/c1-2-4-5-3-1;1-3(2)4;/h1-3H,4H2;1-2H3;/q-1;;. The minimum absolute atomic E-state index is 0. The minimum atomic E-state index is 0. The second kappa shape index (κ2) is 8.66. The molecule has 1 nitrogen and oxygen atoms in total. The van der Waals surface area contributed by atoms with Crippen LogP contribution in [-0.2, 0) is 21.6 Å². The van der Waals surface area contributed by atoms with Gasteiger partial charge in [-0.05, 0) is 13.8 Å². The summed E-state index contributed by atoms with van der Waals surface area (Å²) >= 11 is 0. The normalized spacial score (nSPS) is 11.4. The van der Waals surface area contributed by atoms with E-state index in [0.29, 0.717) is 0 Å². The second-order valence-electron chi connectivity index (χ2n) is 1.91. The Bertz CT molecular complexity index is 122. The molecule has 0 saturated heterocycles. The predicted molar refractivity (Wildman–Crippen MR) is 37.9 cm³/mol. The topological polar surface area (TPSA) is 17.1 Å². The van der Waals surface area contributed by atoms with Crippen LogP contribution in [0.1, 0.15) is 20.3 Å². The first-order chi connectivity index (χ1) is 4.23. The summed E-state index contributed by atoms with van der Waals surface area (Å²) in [6.45, 7) is 3.06. The van der Waals surface area contributed by atoms with Gasteiger partial charge in [-0.3, -0.25) is 6.08 Å². The average molecular weight is 182 g/mol. The van der Waals surface area contributed by atoms with Gasteiger partial charge in [0.2, 0.25) is 0 Å². The van der Waals surface area contributed by atoms with Crippen molar-refractivity contribution in [3.63, 3.8) is 0 Å². The van der Waals surface area contributed by atoms with Crippen LogP contribution in [-0.4, -0.2) is 5.78 Å². The van der Waals surface area contributed by atoms with E-state index >= 15 is 0 Å². The zero-order valence-electron chi connectivity index (χ0n) is 6.18. The second-order valence-corrected chi connectivity index (χ2v) is 1.91. The van der Waals surface area contributed by atoms with Crippen LogP contribution in [0, 0.1) is 6.08 Å². The van der Waals surface area contributed by atoms with Gasteiger partial charge in [-0.15, -0.1) is 6.42 Å². The Morgan fingerprint density at radius 2 is 2.00 bits per heavy atom. The summed E-state index contributed by atoms with van der Waals surface area (Å²) in [5, 5.41) is 0. The molecule has 0 unspecified atom stereocenters. The molecule has 1 aliphatic rings. The van der Waals surface area contributed by atoms with Crippen LogP contribution in [0.5, 0.6) is 0 Å². The largest absolute Gasteiger partial charge is 0.300 e. The summed E-state index contributed by atoms with van der Waals surface area (Å²) in [5.41, 5.74) is 0. The Kier molecular flexibility index (Phi) is 10.7. The Morgan fingerprint density at radius 3 is 2.10 bits per heavy atom. The van der Waals surface area contributed by atoms with E-state index in [4.69, 9.17) is 0 Å². The van der Waals surface area contributed by atoms with Gasteiger partial charge in [0.1, 0.15) is 5.78 Å². The van der Waals surface area contributed by atoms with Gasteiger partial charge in [0.15, 0.2) is 0 Å². The van der Waals surface area contributed by atoms with Crippen molar-refractivity contribution in [1.82, 2.24) is 0 Å². The van der Waals surface area contributed by atoms with Crippen LogP contribution in [0.3, 0.4) is 0 Å². The van der Waals surface area contributed by atoms with Gasteiger partial charge >= 0.3 is 0 Å². The van der Waals surface area contributed by atoms with Gasteiger partial charge in [-0.25, -0.2) is 12.2 Å². The molecule has 0 atom stereocenters. The molecule has 0 fully saturated rings. The Balaban J connectivity index is 0. The Hall–Kier alpha value is -0.344. The van der Waals surface area contributed by atoms with Gasteiger partial charge in [-0.2, -0.15) is 6.08 Å². The van der Waals surface area contributed by atoms with E-state index in [1.165, 1.54) is 13.8 Å². The molecule has 0 aromatic rings. The Labute approximate surface area is 72.4 Å². The van der Waals surface area contributed by atoms with E-state index in [1.54, 1.807) is 0 Å². The SMILES string of the molecule is CC(C)=O.[C-]1=CC=CC1.[Co]. The van der Waals surface area contributed by atoms with E-state index in [0.717, 1.165) is 6.42 Å². The summed E-state index contributed by atoms with van der Waals surface area (Å²) in [5.74, 6) is 0.167. The van der Waals surface area contributed by atoms with Crippen LogP contribution < -0.4 is 0 Å². The number of ketones is 1. The van der Waals surface area contributed by atoms with Crippen molar-refractivity contribution in [1.29, 1.82) is 0 Å². The molecule has 0 amide bonds. The molecule has 0 aromatic carbocycles. The fourth-order valence-corrected chi connectivity index (χ4v) is 0.340. The van der Waals surface area contributed by atoms with Crippen molar-refractivity contribution < 1.29 is 21.6 Å². The van der Waals surface area contributed by atoms with Crippen molar-refractivity contribution >= 4 is 5.78 Å². The third kappa shape index (κ3) is 15.6. The number of rotatable bonds is 0. The third-order valence-electron chi connectivity index (χ3n) is 0.586. The maximum absolute atomic E-state index is 9.44. The number of carbonyl (C=O) groups is 1.